The Kier molecular flexibility index (Phi) is 3.91. The van der Waals surface area contributed by atoms with Crippen LogP contribution in [0.2, 0.25) is 0 Å². The summed E-state index contributed by atoms with van der Waals surface area (Å²) < 4.78 is 5.20. The normalized spacial score (nSPS) is 14.1. The molecule has 0 aliphatic carbocycles. The molecule has 1 aliphatic heterocycles. The topological polar surface area (TPSA) is 80.0 Å². The summed E-state index contributed by atoms with van der Waals surface area (Å²) in [6.45, 7) is 4.59. The molecule has 1 aromatic heterocycles. The van der Waals surface area contributed by atoms with E-state index in [0.717, 1.165) is 16.9 Å². The number of aromatic nitrogens is 2. The first kappa shape index (κ1) is 14.3. The lowest BCUT2D eigenvalue weighted by Gasteiger charge is -2.07. The third-order valence-electron chi connectivity index (χ3n) is 3.36. The molecule has 0 atom stereocenters. The van der Waals surface area contributed by atoms with Crippen molar-refractivity contribution in [3.05, 3.63) is 53.3 Å². The van der Waals surface area contributed by atoms with Gasteiger partial charge in [-0.15, -0.1) is 0 Å². The molecule has 0 saturated heterocycles. The molecule has 1 aliphatic rings. The van der Waals surface area contributed by atoms with Gasteiger partial charge >= 0.3 is 0 Å². The third-order valence-corrected chi connectivity index (χ3v) is 3.36. The summed E-state index contributed by atoms with van der Waals surface area (Å²) in [5.41, 5.74) is 2.93. The molecule has 0 radical (unpaired) electrons. The zero-order valence-corrected chi connectivity index (χ0v) is 12.6. The van der Waals surface area contributed by atoms with Crippen molar-refractivity contribution in [2.75, 3.05) is 11.9 Å². The molecular formula is C16H18N4O2. The molecule has 6 nitrogen and oxygen atoms in total. The first-order chi connectivity index (χ1) is 10.6. The van der Waals surface area contributed by atoms with Crippen LogP contribution in [0.1, 0.15) is 37.0 Å². The highest BCUT2D eigenvalue weighted by Crippen LogP contribution is 2.16. The predicted octanol–water partition coefficient (Wildman–Crippen LogP) is 2.21. The number of hydrogen-bond acceptors (Lipinski definition) is 5. The van der Waals surface area contributed by atoms with Gasteiger partial charge < -0.3 is 15.2 Å². The Labute approximate surface area is 128 Å². The molecule has 1 amide bonds. The molecule has 22 heavy (non-hydrogen) atoms. The highest BCUT2D eigenvalue weighted by atomic mass is 16.5. The van der Waals surface area contributed by atoms with Gasteiger partial charge in [0.1, 0.15) is 0 Å². The van der Waals surface area contributed by atoms with Crippen LogP contribution in [0.4, 0.5) is 5.69 Å². The second kappa shape index (κ2) is 6.01. The molecular weight excluding hydrogens is 280 g/mol. The largest absolute Gasteiger partial charge is 0.357 e. The van der Waals surface area contributed by atoms with Crippen molar-refractivity contribution in [1.29, 1.82) is 0 Å². The molecule has 0 spiro atoms. The van der Waals surface area contributed by atoms with Crippen LogP contribution in [0.15, 0.2) is 40.6 Å². The van der Waals surface area contributed by atoms with Crippen molar-refractivity contribution in [1.82, 2.24) is 15.5 Å². The Bertz CT molecular complexity index is 701. The van der Waals surface area contributed by atoms with E-state index < -0.39 is 0 Å². The van der Waals surface area contributed by atoms with Crippen LogP contribution in [0.3, 0.4) is 0 Å². The van der Waals surface area contributed by atoms with E-state index in [4.69, 9.17) is 4.52 Å². The number of carbonyl (C=O) groups excluding carboxylic acids is 1. The van der Waals surface area contributed by atoms with E-state index >= 15 is 0 Å². The quantitative estimate of drug-likeness (QED) is 0.884. The van der Waals surface area contributed by atoms with Crippen LogP contribution in [-0.4, -0.2) is 22.6 Å². The maximum absolute atomic E-state index is 11.1. The number of hydrogen-bond donors (Lipinski definition) is 2. The summed E-state index contributed by atoms with van der Waals surface area (Å²) in [5.74, 6) is 1.54. The molecule has 1 aromatic carbocycles. The van der Waals surface area contributed by atoms with Gasteiger partial charge in [0.15, 0.2) is 5.82 Å². The van der Waals surface area contributed by atoms with E-state index in [1.165, 1.54) is 0 Å². The number of amides is 1. The lowest BCUT2D eigenvalue weighted by atomic mass is 10.1. The van der Waals surface area contributed by atoms with Crippen LogP contribution in [0.25, 0.3) is 0 Å². The van der Waals surface area contributed by atoms with E-state index in [2.05, 4.69) is 20.8 Å². The summed E-state index contributed by atoms with van der Waals surface area (Å²) in [6, 6.07) is 7.97. The fraction of sp³-hybridized carbons (Fsp3) is 0.312. The molecule has 2 heterocycles. The zero-order valence-electron chi connectivity index (χ0n) is 12.6. The number of rotatable bonds is 5. The minimum Gasteiger partial charge on any atom is -0.357 e. The van der Waals surface area contributed by atoms with Crippen LogP contribution in [-0.2, 0) is 11.2 Å². The van der Waals surface area contributed by atoms with Crippen LogP contribution in [0.5, 0.6) is 0 Å². The fourth-order valence-corrected chi connectivity index (χ4v) is 2.17. The van der Waals surface area contributed by atoms with E-state index in [1.54, 1.807) is 6.08 Å². The molecule has 6 heteroatoms. The maximum atomic E-state index is 11.1. The van der Waals surface area contributed by atoms with Crippen molar-refractivity contribution >= 4 is 11.6 Å². The first-order valence-corrected chi connectivity index (χ1v) is 7.27. The number of nitrogens with one attached hydrogen (secondary N) is 2. The smallest absolute Gasteiger partial charge is 0.246 e. The first-order valence-electron chi connectivity index (χ1n) is 7.27. The lowest BCUT2D eigenvalue weighted by Crippen LogP contribution is -2.16. The average Bonchev–Trinajstić information content (AvgIpc) is 3.10. The highest BCUT2D eigenvalue weighted by molar-refractivity contribution is 5.91. The monoisotopic (exact) mass is 298 g/mol. The van der Waals surface area contributed by atoms with Crippen LogP contribution >= 0.6 is 0 Å². The fourth-order valence-electron chi connectivity index (χ4n) is 2.17. The number of anilines is 1. The molecule has 0 saturated carbocycles. The summed E-state index contributed by atoms with van der Waals surface area (Å²) in [4.78, 5) is 15.5. The van der Waals surface area contributed by atoms with Gasteiger partial charge in [0, 0.05) is 29.8 Å². The van der Waals surface area contributed by atoms with Crippen LogP contribution < -0.4 is 10.6 Å². The van der Waals surface area contributed by atoms with Gasteiger partial charge in [0.25, 0.3) is 0 Å². The summed E-state index contributed by atoms with van der Waals surface area (Å²) in [7, 11) is 0. The SMILES string of the molecule is CC(C)c1nc(Cc2ccc(NC3=CC(=O)NC3)cc2)no1. The van der Waals surface area contributed by atoms with E-state index in [9.17, 15) is 4.79 Å². The van der Waals surface area contributed by atoms with Crippen molar-refractivity contribution in [3.8, 4) is 0 Å². The second-order valence-electron chi connectivity index (χ2n) is 5.59. The van der Waals surface area contributed by atoms with E-state index in [1.807, 2.05) is 38.1 Å². The Hall–Kier alpha value is -2.63. The molecule has 0 unspecified atom stereocenters. The molecule has 0 bridgehead atoms. The lowest BCUT2D eigenvalue weighted by molar-refractivity contribution is -0.115. The third kappa shape index (κ3) is 3.33. The summed E-state index contributed by atoms with van der Waals surface area (Å²) in [5, 5.41) is 9.92. The van der Waals surface area contributed by atoms with Gasteiger partial charge in [-0.2, -0.15) is 4.98 Å². The molecule has 3 rings (SSSR count). The summed E-state index contributed by atoms with van der Waals surface area (Å²) >= 11 is 0. The number of benzene rings is 1. The van der Waals surface area contributed by atoms with Gasteiger partial charge in [0.2, 0.25) is 11.8 Å². The average molecular weight is 298 g/mol. The minimum absolute atomic E-state index is 0.0582. The Morgan fingerprint density at radius 3 is 2.68 bits per heavy atom. The Balaban J connectivity index is 1.63. The van der Waals surface area contributed by atoms with E-state index in [0.29, 0.717) is 24.7 Å². The van der Waals surface area contributed by atoms with Gasteiger partial charge in [0.05, 0.1) is 6.54 Å². The molecule has 2 N–H and O–H groups in total. The Morgan fingerprint density at radius 1 is 1.32 bits per heavy atom. The molecule has 0 fully saturated rings. The van der Waals surface area contributed by atoms with Gasteiger partial charge in [-0.25, -0.2) is 0 Å². The van der Waals surface area contributed by atoms with Gasteiger partial charge in [-0.3, -0.25) is 4.79 Å². The second-order valence-corrected chi connectivity index (χ2v) is 5.59. The minimum atomic E-state index is -0.0582. The highest BCUT2D eigenvalue weighted by Gasteiger charge is 2.11. The zero-order chi connectivity index (χ0) is 15.5. The van der Waals surface area contributed by atoms with Crippen molar-refractivity contribution < 1.29 is 9.32 Å². The molecule has 114 valence electrons. The number of carbonyl (C=O) groups is 1. The van der Waals surface area contributed by atoms with Gasteiger partial charge in [-0.05, 0) is 17.7 Å². The Morgan fingerprint density at radius 2 is 2.09 bits per heavy atom. The van der Waals surface area contributed by atoms with Crippen molar-refractivity contribution in [3.63, 3.8) is 0 Å². The van der Waals surface area contributed by atoms with Gasteiger partial charge in [-0.1, -0.05) is 31.1 Å². The van der Waals surface area contributed by atoms with Crippen LogP contribution in [0, 0.1) is 0 Å². The standard InChI is InChI=1S/C16H18N4O2/c1-10(2)16-19-14(20-22-16)7-11-3-5-12(6-4-11)18-13-8-15(21)17-9-13/h3-6,8,10,18H,7,9H2,1-2H3,(H,17,21). The molecule has 2 aromatic rings. The van der Waals surface area contributed by atoms with Crippen molar-refractivity contribution in [2.24, 2.45) is 0 Å². The predicted molar refractivity (Wildman–Crippen MR) is 82.4 cm³/mol. The summed E-state index contributed by atoms with van der Waals surface area (Å²) in [6.07, 6.45) is 2.21. The van der Waals surface area contributed by atoms with Crippen molar-refractivity contribution in [2.45, 2.75) is 26.2 Å². The van der Waals surface area contributed by atoms with E-state index in [-0.39, 0.29) is 11.8 Å². The number of nitrogens with zero attached hydrogens (tertiary/aromatic N) is 2. The maximum Gasteiger partial charge on any atom is 0.246 e.